The number of nitrogens with one attached hydrogen (secondary N) is 2. The van der Waals surface area contributed by atoms with Crippen molar-refractivity contribution < 1.29 is 4.79 Å². The van der Waals surface area contributed by atoms with Gasteiger partial charge in [0, 0.05) is 16.3 Å². The second-order valence-electron chi connectivity index (χ2n) is 5.66. The smallest absolute Gasteiger partial charge is 0.265 e. The van der Waals surface area contributed by atoms with Gasteiger partial charge in [0.15, 0.2) is 5.65 Å². The van der Waals surface area contributed by atoms with Crippen LogP contribution < -0.4 is 5.32 Å². The van der Waals surface area contributed by atoms with Gasteiger partial charge in [-0.1, -0.05) is 12.1 Å². The third-order valence-electron chi connectivity index (χ3n) is 3.74. The second kappa shape index (κ2) is 7.27. The van der Waals surface area contributed by atoms with Gasteiger partial charge in [0.2, 0.25) is 0 Å². The molecule has 6 nitrogen and oxygen atoms in total. The molecule has 0 atom stereocenters. The first kappa shape index (κ1) is 16.7. The second-order valence-corrected chi connectivity index (χ2v) is 7.92. The lowest BCUT2D eigenvalue weighted by Crippen LogP contribution is -2.10. The number of carbonyl (C=O) groups excluding carboxylic acids is 1. The summed E-state index contributed by atoms with van der Waals surface area (Å²) in [5.41, 5.74) is 2.62. The molecule has 0 aliphatic rings. The van der Waals surface area contributed by atoms with Crippen LogP contribution in [0.5, 0.6) is 0 Å². The van der Waals surface area contributed by atoms with Crippen molar-refractivity contribution in [1.29, 1.82) is 0 Å². The van der Waals surface area contributed by atoms with Gasteiger partial charge in [-0.2, -0.15) is 5.10 Å². The maximum atomic E-state index is 12.3. The van der Waals surface area contributed by atoms with Crippen LogP contribution >= 0.6 is 23.1 Å². The van der Waals surface area contributed by atoms with E-state index in [1.807, 2.05) is 43.3 Å². The summed E-state index contributed by atoms with van der Waals surface area (Å²) in [7, 11) is 0. The van der Waals surface area contributed by atoms with Crippen molar-refractivity contribution in [2.75, 3.05) is 5.32 Å². The zero-order valence-electron chi connectivity index (χ0n) is 13.9. The predicted octanol–water partition coefficient (Wildman–Crippen LogP) is 4.27. The van der Waals surface area contributed by atoms with Crippen LogP contribution in [0.15, 0.2) is 53.9 Å². The maximum absolute atomic E-state index is 12.3. The Morgan fingerprint density at radius 3 is 3.04 bits per heavy atom. The summed E-state index contributed by atoms with van der Waals surface area (Å²) in [6, 6.07) is 11.7. The first-order chi connectivity index (χ1) is 12.7. The Balaban J connectivity index is 1.46. The van der Waals surface area contributed by atoms with E-state index in [0.717, 1.165) is 37.9 Å². The minimum atomic E-state index is -0.0798. The van der Waals surface area contributed by atoms with Crippen molar-refractivity contribution in [3.63, 3.8) is 0 Å². The van der Waals surface area contributed by atoms with Crippen LogP contribution in [0.4, 0.5) is 5.69 Å². The van der Waals surface area contributed by atoms with Crippen LogP contribution in [0.25, 0.3) is 11.0 Å². The molecule has 130 valence electrons. The monoisotopic (exact) mass is 381 g/mol. The van der Waals surface area contributed by atoms with Gasteiger partial charge in [0.1, 0.15) is 11.4 Å². The molecule has 1 amide bonds. The molecule has 4 rings (SSSR count). The molecule has 3 aromatic heterocycles. The van der Waals surface area contributed by atoms with Crippen molar-refractivity contribution in [2.45, 2.75) is 17.7 Å². The highest BCUT2D eigenvalue weighted by molar-refractivity contribution is 7.98. The van der Waals surface area contributed by atoms with E-state index >= 15 is 0 Å². The summed E-state index contributed by atoms with van der Waals surface area (Å²) in [5.74, 6) is 0.655. The number of rotatable bonds is 5. The Bertz CT molecular complexity index is 1070. The molecule has 0 unspecified atom stereocenters. The van der Waals surface area contributed by atoms with Gasteiger partial charge >= 0.3 is 0 Å². The summed E-state index contributed by atoms with van der Waals surface area (Å²) >= 11 is 3.10. The van der Waals surface area contributed by atoms with Crippen LogP contribution in [0, 0.1) is 6.92 Å². The molecule has 0 saturated heterocycles. The zero-order chi connectivity index (χ0) is 17.9. The molecule has 0 aliphatic carbocycles. The fourth-order valence-corrected chi connectivity index (χ4v) is 4.17. The third-order valence-corrected chi connectivity index (χ3v) is 5.81. The molecule has 8 heteroatoms. The van der Waals surface area contributed by atoms with E-state index in [2.05, 4.69) is 25.5 Å². The molecule has 26 heavy (non-hydrogen) atoms. The van der Waals surface area contributed by atoms with Crippen LogP contribution in [-0.4, -0.2) is 26.1 Å². The van der Waals surface area contributed by atoms with Gasteiger partial charge in [-0.3, -0.25) is 9.89 Å². The Hall–Kier alpha value is -2.71. The topological polar surface area (TPSA) is 83.6 Å². The van der Waals surface area contributed by atoms with Gasteiger partial charge in [-0.15, -0.1) is 23.1 Å². The number of aryl methyl sites for hydroxylation is 1. The van der Waals surface area contributed by atoms with E-state index < -0.39 is 0 Å². The highest BCUT2D eigenvalue weighted by atomic mass is 32.2. The molecule has 0 fully saturated rings. The van der Waals surface area contributed by atoms with Gasteiger partial charge in [0.05, 0.1) is 16.5 Å². The molecule has 0 saturated carbocycles. The summed E-state index contributed by atoms with van der Waals surface area (Å²) in [4.78, 5) is 22.6. The normalized spacial score (nSPS) is 11.0. The van der Waals surface area contributed by atoms with Crippen molar-refractivity contribution in [1.82, 2.24) is 20.2 Å². The Morgan fingerprint density at radius 2 is 2.19 bits per heavy atom. The molecular weight excluding hydrogens is 366 g/mol. The molecule has 2 N–H and O–H groups in total. The molecule has 3 heterocycles. The van der Waals surface area contributed by atoms with E-state index in [1.165, 1.54) is 17.7 Å². The standard InChI is InChI=1S/C18H15N5OS2/c1-11-5-6-15(26-11)17(24)22-13-4-2-3-12(7-13)9-25-18-14-8-21-23-16(14)19-10-20-18/h2-8,10H,9H2,1H3,(H,22,24)(H,19,20,21,23). The first-order valence-corrected chi connectivity index (χ1v) is 9.73. The number of anilines is 1. The highest BCUT2D eigenvalue weighted by Gasteiger charge is 2.10. The summed E-state index contributed by atoms with van der Waals surface area (Å²) in [6.07, 6.45) is 3.26. The number of benzene rings is 1. The molecule has 1 aromatic carbocycles. The summed E-state index contributed by atoms with van der Waals surface area (Å²) < 4.78 is 0. The number of H-pyrrole nitrogens is 1. The molecule has 0 radical (unpaired) electrons. The number of amides is 1. The lowest BCUT2D eigenvalue weighted by molar-refractivity contribution is 0.103. The fourth-order valence-electron chi connectivity index (χ4n) is 2.50. The maximum Gasteiger partial charge on any atom is 0.265 e. The number of fused-ring (bicyclic) bond motifs is 1. The lowest BCUT2D eigenvalue weighted by atomic mass is 10.2. The largest absolute Gasteiger partial charge is 0.321 e. The Morgan fingerprint density at radius 1 is 1.27 bits per heavy atom. The van der Waals surface area contributed by atoms with Crippen LogP contribution in [0.1, 0.15) is 20.1 Å². The first-order valence-electron chi connectivity index (χ1n) is 7.92. The molecule has 0 bridgehead atoms. The van der Waals surface area contributed by atoms with Crippen molar-refractivity contribution in [2.24, 2.45) is 0 Å². The molecule has 0 aliphatic heterocycles. The van der Waals surface area contributed by atoms with Gasteiger partial charge in [-0.05, 0) is 36.8 Å². The predicted molar refractivity (Wildman–Crippen MR) is 105 cm³/mol. The average molecular weight is 381 g/mol. The number of aromatic nitrogens is 4. The quantitative estimate of drug-likeness (QED) is 0.398. The minimum Gasteiger partial charge on any atom is -0.321 e. The number of nitrogens with zero attached hydrogens (tertiary/aromatic N) is 3. The van der Waals surface area contributed by atoms with E-state index in [9.17, 15) is 4.79 Å². The van der Waals surface area contributed by atoms with E-state index in [1.54, 1.807) is 18.0 Å². The third kappa shape index (κ3) is 3.61. The average Bonchev–Trinajstić information content (AvgIpc) is 3.29. The number of thiophene rings is 1. The van der Waals surface area contributed by atoms with Crippen molar-refractivity contribution >= 4 is 45.7 Å². The van der Waals surface area contributed by atoms with Crippen LogP contribution in [0.2, 0.25) is 0 Å². The van der Waals surface area contributed by atoms with E-state index in [-0.39, 0.29) is 5.91 Å². The summed E-state index contributed by atoms with van der Waals surface area (Å²) in [5, 5.41) is 11.6. The number of hydrogen-bond acceptors (Lipinski definition) is 6. The molecular formula is C18H15N5OS2. The SMILES string of the molecule is Cc1ccc(C(=O)Nc2cccc(CSc3ncnc4[nH]ncc34)c2)s1. The van der Waals surface area contributed by atoms with E-state index in [0.29, 0.717) is 4.88 Å². The Labute approximate surface area is 158 Å². The van der Waals surface area contributed by atoms with Gasteiger partial charge < -0.3 is 5.32 Å². The molecule has 4 aromatic rings. The van der Waals surface area contributed by atoms with E-state index in [4.69, 9.17) is 0 Å². The zero-order valence-corrected chi connectivity index (χ0v) is 15.5. The van der Waals surface area contributed by atoms with Crippen molar-refractivity contribution in [3.05, 3.63) is 64.2 Å². The van der Waals surface area contributed by atoms with Gasteiger partial charge in [-0.25, -0.2) is 9.97 Å². The fraction of sp³-hybridized carbons (Fsp3) is 0.111. The Kier molecular flexibility index (Phi) is 4.68. The number of hydrogen-bond donors (Lipinski definition) is 2. The van der Waals surface area contributed by atoms with Crippen LogP contribution in [-0.2, 0) is 5.75 Å². The number of thioether (sulfide) groups is 1. The minimum absolute atomic E-state index is 0.0798. The number of aromatic amines is 1. The van der Waals surface area contributed by atoms with Gasteiger partial charge in [0.25, 0.3) is 5.91 Å². The highest BCUT2D eigenvalue weighted by Crippen LogP contribution is 2.27. The van der Waals surface area contributed by atoms with Crippen LogP contribution in [0.3, 0.4) is 0 Å². The summed E-state index contributed by atoms with van der Waals surface area (Å²) in [6.45, 7) is 1.99. The van der Waals surface area contributed by atoms with Crippen molar-refractivity contribution in [3.8, 4) is 0 Å². The lowest BCUT2D eigenvalue weighted by Gasteiger charge is -2.07. The molecule has 0 spiro atoms. The number of carbonyl (C=O) groups is 1.